The highest BCUT2D eigenvalue weighted by atomic mass is 16.2. The van der Waals surface area contributed by atoms with Gasteiger partial charge in [-0.15, -0.1) is 0 Å². The molecule has 0 bridgehead atoms. The maximum absolute atomic E-state index is 12.7. The predicted molar refractivity (Wildman–Crippen MR) is 107 cm³/mol. The van der Waals surface area contributed by atoms with Crippen molar-refractivity contribution in [1.29, 1.82) is 0 Å². The van der Waals surface area contributed by atoms with Crippen LogP contribution in [0.25, 0.3) is 0 Å². The van der Waals surface area contributed by atoms with Crippen molar-refractivity contribution in [3.8, 4) is 0 Å². The van der Waals surface area contributed by atoms with Gasteiger partial charge in [0.15, 0.2) is 0 Å². The molecule has 27 heavy (non-hydrogen) atoms. The van der Waals surface area contributed by atoms with E-state index in [2.05, 4.69) is 40.5 Å². The molecule has 1 aromatic rings. The lowest BCUT2D eigenvalue weighted by molar-refractivity contribution is -0.139. The van der Waals surface area contributed by atoms with Crippen LogP contribution < -0.4 is 5.32 Å². The smallest absolute Gasteiger partial charge is 0.243 e. The summed E-state index contributed by atoms with van der Waals surface area (Å²) in [5.41, 5.74) is 1.38. The van der Waals surface area contributed by atoms with Crippen LogP contribution >= 0.6 is 0 Å². The molecule has 2 aliphatic heterocycles. The number of hydrogen-bond donors (Lipinski definition) is 1. The highest BCUT2D eigenvalue weighted by molar-refractivity contribution is 5.88. The third-order valence-electron chi connectivity index (χ3n) is 5.84. The van der Waals surface area contributed by atoms with Gasteiger partial charge in [0.05, 0.1) is 0 Å². The number of rotatable bonds is 8. The average Bonchev–Trinajstić information content (AvgIpc) is 3.28. The zero-order chi connectivity index (χ0) is 19.2. The third-order valence-corrected chi connectivity index (χ3v) is 5.84. The first-order chi connectivity index (χ1) is 13.0. The first kappa shape index (κ1) is 19.9. The minimum Gasteiger partial charge on any atom is -0.354 e. The van der Waals surface area contributed by atoms with E-state index >= 15 is 0 Å². The second-order valence-electron chi connectivity index (χ2n) is 8.32. The SMILES string of the molecule is CC(C)C(C(=O)NCC1CCN(CCc2ccccc2)C1)N1CCCC1=O. The Balaban J connectivity index is 1.43. The molecule has 0 saturated carbocycles. The van der Waals surface area contributed by atoms with E-state index in [1.54, 1.807) is 4.90 Å². The molecule has 2 aliphatic rings. The van der Waals surface area contributed by atoms with Crippen LogP contribution in [0.5, 0.6) is 0 Å². The fourth-order valence-corrected chi connectivity index (χ4v) is 4.33. The van der Waals surface area contributed by atoms with Crippen molar-refractivity contribution in [1.82, 2.24) is 15.1 Å². The average molecular weight is 372 g/mol. The van der Waals surface area contributed by atoms with E-state index in [1.807, 2.05) is 13.8 Å². The molecule has 5 heteroatoms. The summed E-state index contributed by atoms with van der Waals surface area (Å²) in [6.45, 7) is 8.70. The maximum atomic E-state index is 12.7. The molecule has 2 amide bonds. The number of hydrogen-bond acceptors (Lipinski definition) is 3. The normalized spacial score (nSPS) is 21.8. The van der Waals surface area contributed by atoms with E-state index < -0.39 is 0 Å². The molecular weight excluding hydrogens is 338 g/mol. The lowest BCUT2D eigenvalue weighted by Crippen LogP contribution is -2.51. The van der Waals surface area contributed by atoms with E-state index in [9.17, 15) is 9.59 Å². The predicted octanol–water partition coefficient (Wildman–Crippen LogP) is 2.31. The van der Waals surface area contributed by atoms with Gasteiger partial charge < -0.3 is 15.1 Å². The summed E-state index contributed by atoms with van der Waals surface area (Å²) in [6.07, 6.45) is 3.65. The van der Waals surface area contributed by atoms with Crippen LogP contribution in [-0.4, -0.2) is 60.4 Å². The number of amides is 2. The van der Waals surface area contributed by atoms with Crippen LogP contribution in [0, 0.1) is 11.8 Å². The fourth-order valence-electron chi connectivity index (χ4n) is 4.33. The van der Waals surface area contributed by atoms with E-state index in [0.29, 0.717) is 25.4 Å². The Bertz CT molecular complexity index is 632. The van der Waals surface area contributed by atoms with Gasteiger partial charge in [-0.2, -0.15) is 0 Å². The first-order valence-corrected chi connectivity index (χ1v) is 10.4. The number of benzene rings is 1. The van der Waals surface area contributed by atoms with E-state index in [-0.39, 0.29) is 23.8 Å². The maximum Gasteiger partial charge on any atom is 0.243 e. The molecule has 0 aliphatic carbocycles. The molecule has 2 heterocycles. The van der Waals surface area contributed by atoms with Gasteiger partial charge in [-0.1, -0.05) is 44.2 Å². The Hall–Kier alpha value is -1.88. The van der Waals surface area contributed by atoms with Gasteiger partial charge in [0.1, 0.15) is 6.04 Å². The summed E-state index contributed by atoms with van der Waals surface area (Å²) >= 11 is 0. The summed E-state index contributed by atoms with van der Waals surface area (Å²) in [7, 11) is 0. The molecule has 2 fully saturated rings. The van der Waals surface area contributed by atoms with Crippen molar-refractivity contribution in [2.45, 2.75) is 45.6 Å². The highest BCUT2D eigenvalue weighted by Gasteiger charge is 2.35. The van der Waals surface area contributed by atoms with Crippen molar-refractivity contribution < 1.29 is 9.59 Å². The standard InChI is InChI=1S/C22H33N3O2/c1-17(2)21(25-12-6-9-20(25)26)22(27)23-15-19-11-14-24(16-19)13-10-18-7-4-3-5-8-18/h3-5,7-8,17,19,21H,6,9-16H2,1-2H3,(H,23,27). The highest BCUT2D eigenvalue weighted by Crippen LogP contribution is 2.20. The Labute approximate surface area is 163 Å². The van der Waals surface area contributed by atoms with E-state index in [0.717, 1.165) is 38.9 Å². The quantitative estimate of drug-likeness (QED) is 0.763. The van der Waals surface area contributed by atoms with E-state index in [1.165, 1.54) is 5.56 Å². The Morgan fingerprint density at radius 2 is 2.00 bits per heavy atom. The summed E-state index contributed by atoms with van der Waals surface area (Å²) in [6, 6.07) is 10.3. The lowest BCUT2D eigenvalue weighted by atomic mass is 10.0. The van der Waals surface area contributed by atoms with E-state index in [4.69, 9.17) is 0 Å². The molecule has 2 saturated heterocycles. The lowest BCUT2D eigenvalue weighted by Gasteiger charge is -2.30. The zero-order valence-corrected chi connectivity index (χ0v) is 16.7. The summed E-state index contributed by atoms with van der Waals surface area (Å²) in [4.78, 5) is 29.1. The van der Waals surface area contributed by atoms with Crippen molar-refractivity contribution in [2.75, 3.05) is 32.7 Å². The minimum atomic E-state index is -0.324. The van der Waals surface area contributed by atoms with Crippen LogP contribution in [0.4, 0.5) is 0 Å². The Morgan fingerprint density at radius 3 is 2.67 bits per heavy atom. The summed E-state index contributed by atoms with van der Waals surface area (Å²) in [5.74, 6) is 0.782. The van der Waals surface area contributed by atoms with Crippen molar-refractivity contribution in [3.05, 3.63) is 35.9 Å². The minimum absolute atomic E-state index is 0.0167. The van der Waals surface area contributed by atoms with Gasteiger partial charge in [-0.05, 0) is 43.2 Å². The monoisotopic (exact) mass is 371 g/mol. The van der Waals surface area contributed by atoms with Crippen LogP contribution in [0.2, 0.25) is 0 Å². The van der Waals surface area contributed by atoms with Crippen LogP contribution in [0.1, 0.15) is 38.7 Å². The molecule has 2 unspecified atom stereocenters. The molecule has 1 aromatic carbocycles. The van der Waals surface area contributed by atoms with Crippen LogP contribution in [0.15, 0.2) is 30.3 Å². The zero-order valence-electron chi connectivity index (χ0n) is 16.7. The molecular formula is C22H33N3O2. The molecule has 0 aromatic heterocycles. The topological polar surface area (TPSA) is 52.7 Å². The number of carbonyl (C=O) groups is 2. The van der Waals surface area contributed by atoms with Crippen LogP contribution in [0.3, 0.4) is 0 Å². The Kier molecular flexibility index (Phi) is 6.89. The van der Waals surface area contributed by atoms with Gasteiger partial charge in [0, 0.05) is 32.6 Å². The van der Waals surface area contributed by atoms with Crippen LogP contribution in [-0.2, 0) is 16.0 Å². The van der Waals surface area contributed by atoms with Gasteiger partial charge in [0.25, 0.3) is 0 Å². The largest absolute Gasteiger partial charge is 0.354 e. The third kappa shape index (κ3) is 5.32. The summed E-state index contributed by atoms with van der Waals surface area (Å²) in [5, 5.41) is 3.14. The molecule has 148 valence electrons. The second-order valence-corrected chi connectivity index (χ2v) is 8.32. The van der Waals surface area contributed by atoms with Crippen molar-refractivity contribution >= 4 is 11.8 Å². The molecule has 3 rings (SSSR count). The molecule has 2 atom stereocenters. The first-order valence-electron chi connectivity index (χ1n) is 10.4. The molecule has 0 radical (unpaired) electrons. The fraction of sp³-hybridized carbons (Fsp3) is 0.636. The Morgan fingerprint density at radius 1 is 1.22 bits per heavy atom. The number of likely N-dealkylation sites (tertiary alicyclic amines) is 2. The van der Waals surface area contributed by atoms with Gasteiger partial charge in [-0.3, -0.25) is 9.59 Å². The number of nitrogens with one attached hydrogen (secondary N) is 1. The van der Waals surface area contributed by atoms with Gasteiger partial charge >= 0.3 is 0 Å². The number of nitrogens with zero attached hydrogens (tertiary/aromatic N) is 2. The molecule has 0 spiro atoms. The van der Waals surface area contributed by atoms with Gasteiger partial charge in [0.2, 0.25) is 11.8 Å². The van der Waals surface area contributed by atoms with Crippen molar-refractivity contribution in [3.63, 3.8) is 0 Å². The number of carbonyl (C=O) groups excluding carboxylic acids is 2. The second kappa shape index (κ2) is 9.36. The molecule has 1 N–H and O–H groups in total. The molecule has 5 nitrogen and oxygen atoms in total. The van der Waals surface area contributed by atoms with Crippen molar-refractivity contribution in [2.24, 2.45) is 11.8 Å². The summed E-state index contributed by atoms with van der Waals surface area (Å²) < 4.78 is 0. The van der Waals surface area contributed by atoms with Gasteiger partial charge in [-0.25, -0.2) is 0 Å².